The van der Waals surface area contributed by atoms with Crippen LogP contribution in [0.2, 0.25) is 5.02 Å². The van der Waals surface area contributed by atoms with Gasteiger partial charge in [0.15, 0.2) is 22.1 Å². The molecular formula is C32H35ClN4O5S. The molecule has 11 heteroatoms. The van der Waals surface area contributed by atoms with Crippen LogP contribution in [-0.4, -0.2) is 44.6 Å². The molecule has 0 spiro atoms. The fraction of sp³-hybridized carbons (Fsp3) is 0.406. The zero-order valence-electron chi connectivity index (χ0n) is 24.5. The van der Waals surface area contributed by atoms with E-state index in [1.54, 1.807) is 24.3 Å². The van der Waals surface area contributed by atoms with E-state index >= 15 is 0 Å². The van der Waals surface area contributed by atoms with Crippen LogP contribution < -0.4 is 19.1 Å². The third-order valence-corrected chi connectivity index (χ3v) is 9.33. The van der Waals surface area contributed by atoms with Gasteiger partial charge in [0.2, 0.25) is 0 Å². The molecule has 1 saturated carbocycles. The predicted octanol–water partition coefficient (Wildman–Crippen LogP) is 5.98. The number of halogens is 1. The van der Waals surface area contributed by atoms with E-state index in [4.69, 9.17) is 21.1 Å². The lowest BCUT2D eigenvalue weighted by Gasteiger charge is -2.35. The second kappa shape index (κ2) is 12.1. The number of piperidine rings is 1. The first-order chi connectivity index (χ1) is 20.5. The first-order valence-corrected chi connectivity index (χ1v) is 16.2. The van der Waals surface area contributed by atoms with Gasteiger partial charge in [-0.3, -0.25) is 4.79 Å². The van der Waals surface area contributed by atoms with Crippen LogP contribution in [0.25, 0.3) is 11.1 Å². The van der Waals surface area contributed by atoms with Crippen molar-refractivity contribution in [2.75, 3.05) is 24.6 Å². The molecule has 2 fully saturated rings. The summed E-state index contributed by atoms with van der Waals surface area (Å²) in [7, 11) is -4.31. The van der Waals surface area contributed by atoms with Crippen molar-refractivity contribution in [1.29, 1.82) is 5.26 Å². The Kier molecular flexibility index (Phi) is 8.59. The van der Waals surface area contributed by atoms with Crippen LogP contribution in [0.3, 0.4) is 0 Å². The van der Waals surface area contributed by atoms with Crippen molar-refractivity contribution in [2.24, 2.45) is 11.3 Å². The molecular weight excluding hydrogens is 588 g/mol. The quantitative estimate of drug-likeness (QED) is 0.293. The predicted molar refractivity (Wildman–Crippen MR) is 165 cm³/mol. The molecule has 1 aromatic heterocycles. The molecule has 1 aliphatic carbocycles. The molecule has 9 nitrogen and oxygen atoms in total. The Labute approximate surface area is 257 Å². The van der Waals surface area contributed by atoms with Crippen LogP contribution in [0, 0.1) is 22.7 Å². The number of amides is 1. The maximum atomic E-state index is 13.6. The van der Waals surface area contributed by atoms with Gasteiger partial charge in [-0.1, -0.05) is 61.8 Å². The third kappa shape index (κ3) is 6.73. The van der Waals surface area contributed by atoms with E-state index in [9.17, 15) is 18.5 Å². The SMILES string of the molecule is CC(C)COc1c(Cl)ccc(-c2ccccc2)c1OC1(C(=O)NS(=O)(=O)c2cccc(N3CCC(C)(C#N)CC3)n2)CC1. The molecule has 2 aromatic carbocycles. The summed E-state index contributed by atoms with van der Waals surface area (Å²) >= 11 is 6.56. The van der Waals surface area contributed by atoms with Crippen LogP contribution >= 0.6 is 11.6 Å². The maximum Gasteiger partial charge on any atom is 0.281 e. The number of ether oxygens (including phenoxy) is 2. The highest BCUT2D eigenvalue weighted by molar-refractivity contribution is 7.90. The minimum atomic E-state index is -4.31. The lowest BCUT2D eigenvalue weighted by Crippen LogP contribution is -2.44. The minimum absolute atomic E-state index is 0.205. The van der Waals surface area contributed by atoms with Crippen LogP contribution in [0.15, 0.2) is 65.7 Å². The molecule has 2 heterocycles. The summed E-state index contributed by atoms with van der Waals surface area (Å²) in [5, 5.41) is 9.49. The van der Waals surface area contributed by atoms with Gasteiger partial charge in [-0.25, -0.2) is 9.71 Å². The van der Waals surface area contributed by atoms with Crippen molar-refractivity contribution >= 4 is 33.3 Å². The Morgan fingerprint density at radius 3 is 2.37 bits per heavy atom. The number of hydrogen-bond acceptors (Lipinski definition) is 8. The Hall–Kier alpha value is -3.81. The molecule has 3 aromatic rings. The Balaban J connectivity index is 1.39. The van der Waals surface area contributed by atoms with Gasteiger partial charge < -0.3 is 14.4 Å². The van der Waals surface area contributed by atoms with Gasteiger partial charge in [-0.15, -0.1) is 0 Å². The van der Waals surface area contributed by atoms with Crippen molar-refractivity contribution in [2.45, 2.75) is 57.1 Å². The largest absolute Gasteiger partial charge is 0.488 e. The summed E-state index contributed by atoms with van der Waals surface area (Å²) in [5.74, 6) is 0.500. The number of nitrogens with zero attached hydrogens (tertiary/aromatic N) is 3. The topological polar surface area (TPSA) is 122 Å². The van der Waals surface area contributed by atoms with Crippen molar-refractivity contribution < 1.29 is 22.7 Å². The fourth-order valence-corrected chi connectivity index (χ4v) is 6.10. The number of nitrogens with one attached hydrogen (secondary N) is 1. The second-order valence-electron chi connectivity index (χ2n) is 11.8. The number of carbonyl (C=O) groups is 1. The molecule has 1 aliphatic heterocycles. The van der Waals surface area contributed by atoms with E-state index in [-0.39, 0.29) is 10.9 Å². The number of carbonyl (C=O) groups excluding carboxylic acids is 1. The number of hydrogen-bond donors (Lipinski definition) is 1. The molecule has 43 heavy (non-hydrogen) atoms. The molecule has 1 saturated heterocycles. The Morgan fingerprint density at radius 1 is 1.05 bits per heavy atom. The van der Waals surface area contributed by atoms with E-state index in [2.05, 4.69) is 15.8 Å². The molecule has 2 aliphatic rings. The van der Waals surface area contributed by atoms with E-state index in [0.29, 0.717) is 73.3 Å². The van der Waals surface area contributed by atoms with Crippen molar-refractivity contribution in [3.05, 3.63) is 65.7 Å². The minimum Gasteiger partial charge on any atom is -0.488 e. The summed E-state index contributed by atoms with van der Waals surface area (Å²) in [5.41, 5.74) is -0.311. The Bertz CT molecular complexity index is 1640. The molecule has 0 radical (unpaired) electrons. The molecule has 0 atom stereocenters. The van der Waals surface area contributed by atoms with Gasteiger partial charge in [-0.05, 0) is 55.5 Å². The van der Waals surface area contributed by atoms with Gasteiger partial charge in [0.1, 0.15) is 5.82 Å². The van der Waals surface area contributed by atoms with E-state index in [0.717, 1.165) is 5.56 Å². The normalized spacial score (nSPS) is 17.2. The first-order valence-electron chi connectivity index (χ1n) is 14.4. The van der Waals surface area contributed by atoms with E-state index in [1.807, 2.05) is 56.0 Å². The van der Waals surface area contributed by atoms with Gasteiger partial charge >= 0.3 is 0 Å². The average molecular weight is 623 g/mol. The van der Waals surface area contributed by atoms with Crippen molar-refractivity contribution in [3.63, 3.8) is 0 Å². The van der Waals surface area contributed by atoms with Crippen LogP contribution in [0.1, 0.15) is 46.5 Å². The highest BCUT2D eigenvalue weighted by Crippen LogP contribution is 2.49. The number of nitriles is 1. The summed E-state index contributed by atoms with van der Waals surface area (Å²) in [6.07, 6.45) is 1.93. The molecule has 1 amide bonds. The van der Waals surface area contributed by atoms with Crippen molar-refractivity contribution in [1.82, 2.24) is 9.71 Å². The number of anilines is 1. The molecule has 0 bridgehead atoms. The fourth-order valence-electron chi connectivity index (χ4n) is 4.89. The number of benzene rings is 2. The monoisotopic (exact) mass is 622 g/mol. The summed E-state index contributed by atoms with van der Waals surface area (Å²) in [6.45, 7) is 7.47. The van der Waals surface area contributed by atoms with Gasteiger partial charge in [0.25, 0.3) is 15.9 Å². The van der Waals surface area contributed by atoms with Crippen LogP contribution in [0.4, 0.5) is 5.82 Å². The summed E-state index contributed by atoms with van der Waals surface area (Å²) < 4.78 is 41.4. The molecule has 5 rings (SSSR count). The maximum absolute atomic E-state index is 13.6. The second-order valence-corrected chi connectivity index (χ2v) is 13.9. The van der Waals surface area contributed by atoms with Gasteiger partial charge in [-0.2, -0.15) is 13.7 Å². The van der Waals surface area contributed by atoms with Crippen LogP contribution in [0.5, 0.6) is 11.5 Å². The first kappa shape index (κ1) is 30.6. The third-order valence-electron chi connectivity index (χ3n) is 7.80. The zero-order valence-corrected chi connectivity index (χ0v) is 26.0. The van der Waals surface area contributed by atoms with E-state index in [1.165, 1.54) is 6.07 Å². The van der Waals surface area contributed by atoms with E-state index < -0.39 is 26.9 Å². The number of sulfonamides is 1. The lowest BCUT2D eigenvalue weighted by molar-refractivity contribution is -0.128. The zero-order chi connectivity index (χ0) is 30.8. The number of rotatable bonds is 10. The summed E-state index contributed by atoms with van der Waals surface area (Å²) in [4.78, 5) is 19.9. The molecule has 1 N–H and O–H groups in total. The lowest BCUT2D eigenvalue weighted by atomic mass is 9.82. The highest BCUT2D eigenvalue weighted by atomic mass is 35.5. The molecule has 0 unspecified atom stereocenters. The van der Waals surface area contributed by atoms with Crippen molar-refractivity contribution in [3.8, 4) is 28.7 Å². The van der Waals surface area contributed by atoms with Crippen LogP contribution in [-0.2, 0) is 14.8 Å². The smallest absolute Gasteiger partial charge is 0.281 e. The number of pyridine rings is 1. The number of aromatic nitrogens is 1. The standard InChI is InChI=1S/C32H35ClN4O5S/c1-22(2)20-41-29-25(33)13-12-24(23-8-5-4-6-9-23)28(29)42-32(14-15-32)30(38)36-43(39,40)27-11-7-10-26(35-27)37-18-16-31(3,21-34)17-19-37/h4-13,22H,14-20H2,1-3H3,(H,36,38). The Morgan fingerprint density at radius 2 is 1.74 bits per heavy atom. The van der Waals surface area contributed by atoms with Gasteiger partial charge in [0, 0.05) is 31.5 Å². The highest BCUT2D eigenvalue weighted by Gasteiger charge is 2.55. The van der Waals surface area contributed by atoms with Gasteiger partial charge in [0.05, 0.1) is 23.1 Å². The average Bonchev–Trinajstić information content (AvgIpc) is 3.78. The summed E-state index contributed by atoms with van der Waals surface area (Å²) in [6, 6.07) is 20.1. The molecule has 226 valence electrons.